The van der Waals surface area contributed by atoms with E-state index in [-0.39, 0.29) is 11.9 Å². The van der Waals surface area contributed by atoms with E-state index in [2.05, 4.69) is 16.7 Å². The van der Waals surface area contributed by atoms with Gasteiger partial charge in [-0.3, -0.25) is 4.79 Å². The predicted molar refractivity (Wildman–Crippen MR) is 106 cm³/mol. The summed E-state index contributed by atoms with van der Waals surface area (Å²) in [4.78, 5) is 27.0. The summed E-state index contributed by atoms with van der Waals surface area (Å²) in [7, 11) is 0. The molecule has 0 spiro atoms. The van der Waals surface area contributed by atoms with Crippen molar-refractivity contribution in [2.24, 2.45) is 0 Å². The number of urea groups is 1. The van der Waals surface area contributed by atoms with Crippen LogP contribution in [0, 0.1) is 11.3 Å². The van der Waals surface area contributed by atoms with Gasteiger partial charge in [0, 0.05) is 24.0 Å². The van der Waals surface area contributed by atoms with E-state index in [1.54, 1.807) is 11.0 Å². The van der Waals surface area contributed by atoms with Gasteiger partial charge in [0.05, 0.1) is 12.1 Å². The normalized spacial score (nSPS) is 13.1. The number of nitrogens with zero attached hydrogens (tertiary/aromatic N) is 2. The molecule has 1 aliphatic rings. The van der Waals surface area contributed by atoms with Crippen molar-refractivity contribution in [3.63, 3.8) is 0 Å². The van der Waals surface area contributed by atoms with Crippen molar-refractivity contribution in [2.75, 3.05) is 18.4 Å². The Morgan fingerprint density at radius 2 is 2.11 bits per heavy atom. The molecule has 6 nitrogen and oxygen atoms in total. The molecule has 138 valence electrons. The summed E-state index contributed by atoms with van der Waals surface area (Å²) >= 11 is 1.37. The first-order valence-electron chi connectivity index (χ1n) is 8.74. The Balaban J connectivity index is 1.74. The van der Waals surface area contributed by atoms with Gasteiger partial charge in [-0.25, -0.2) is 4.79 Å². The Morgan fingerprint density at radius 3 is 2.81 bits per heavy atom. The molecule has 2 N–H and O–H groups in total. The van der Waals surface area contributed by atoms with E-state index in [0.29, 0.717) is 36.6 Å². The molecule has 0 atom stereocenters. The van der Waals surface area contributed by atoms with E-state index >= 15 is 0 Å². The number of rotatable bonds is 4. The van der Waals surface area contributed by atoms with Crippen molar-refractivity contribution >= 4 is 34.4 Å². The van der Waals surface area contributed by atoms with E-state index in [0.717, 1.165) is 16.0 Å². The highest BCUT2D eigenvalue weighted by Gasteiger charge is 2.27. The lowest BCUT2D eigenvalue weighted by atomic mass is 10.0. The molecule has 3 rings (SSSR count). The standard InChI is InChI=1S/C20H20N4O2S/c1-2-22-20(26)24-11-10-15-16(12-21)19(27-17(15)13-24)23-18(25)9-8-14-6-4-3-5-7-14/h3-9H,2,10-11,13H2,1H3,(H,22,26)(H,23,25). The van der Waals surface area contributed by atoms with Crippen LogP contribution in [-0.4, -0.2) is 29.9 Å². The Labute approximate surface area is 162 Å². The number of fused-ring (bicyclic) bond motifs is 1. The fourth-order valence-electron chi connectivity index (χ4n) is 2.94. The molecule has 7 heteroatoms. The van der Waals surface area contributed by atoms with Crippen LogP contribution in [-0.2, 0) is 17.8 Å². The minimum Gasteiger partial charge on any atom is -0.338 e. The van der Waals surface area contributed by atoms with Crippen LogP contribution in [0.4, 0.5) is 9.80 Å². The van der Waals surface area contributed by atoms with Gasteiger partial charge in [-0.05, 0) is 30.5 Å². The van der Waals surface area contributed by atoms with Crippen LogP contribution in [0.5, 0.6) is 0 Å². The number of carbonyl (C=O) groups excluding carboxylic acids is 2. The maximum absolute atomic E-state index is 12.2. The van der Waals surface area contributed by atoms with Crippen molar-refractivity contribution in [1.82, 2.24) is 10.2 Å². The second-order valence-electron chi connectivity index (χ2n) is 6.06. The molecule has 0 saturated heterocycles. The van der Waals surface area contributed by atoms with Gasteiger partial charge in [-0.15, -0.1) is 11.3 Å². The maximum Gasteiger partial charge on any atom is 0.317 e. The summed E-state index contributed by atoms with van der Waals surface area (Å²) in [5.74, 6) is -0.283. The largest absolute Gasteiger partial charge is 0.338 e. The van der Waals surface area contributed by atoms with Crippen LogP contribution < -0.4 is 10.6 Å². The zero-order valence-electron chi connectivity index (χ0n) is 15.0. The SMILES string of the molecule is CCNC(=O)N1CCc2c(sc(NC(=O)C=Cc3ccccc3)c2C#N)C1. The number of thiophene rings is 1. The maximum atomic E-state index is 12.2. The van der Waals surface area contributed by atoms with E-state index < -0.39 is 0 Å². The summed E-state index contributed by atoms with van der Waals surface area (Å²) in [6.45, 7) is 3.47. The Kier molecular flexibility index (Phi) is 5.89. The number of benzene rings is 1. The van der Waals surface area contributed by atoms with Crippen molar-refractivity contribution in [3.8, 4) is 6.07 Å². The van der Waals surface area contributed by atoms with E-state index in [1.165, 1.54) is 17.4 Å². The highest BCUT2D eigenvalue weighted by atomic mass is 32.1. The van der Waals surface area contributed by atoms with Crippen molar-refractivity contribution < 1.29 is 9.59 Å². The zero-order valence-corrected chi connectivity index (χ0v) is 15.8. The van der Waals surface area contributed by atoms with Crippen LogP contribution >= 0.6 is 11.3 Å². The molecule has 0 radical (unpaired) electrons. The van der Waals surface area contributed by atoms with Crippen molar-refractivity contribution in [2.45, 2.75) is 19.9 Å². The van der Waals surface area contributed by atoms with Crippen molar-refractivity contribution in [3.05, 3.63) is 58.0 Å². The first-order chi connectivity index (χ1) is 13.1. The number of amides is 3. The van der Waals surface area contributed by atoms with Gasteiger partial charge in [0.25, 0.3) is 0 Å². The number of hydrogen-bond donors (Lipinski definition) is 2. The lowest BCUT2D eigenvalue weighted by Crippen LogP contribution is -2.42. The Morgan fingerprint density at radius 1 is 1.33 bits per heavy atom. The summed E-state index contributed by atoms with van der Waals surface area (Å²) in [6, 6.07) is 11.6. The van der Waals surface area contributed by atoms with E-state index in [9.17, 15) is 14.9 Å². The third-order valence-corrected chi connectivity index (χ3v) is 5.38. The lowest BCUT2D eigenvalue weighted by molar-refractivity contribution is -0.111. The Bertz CT molecular complexity index is 912. The van der Waals surface area contributed by atoms with Crippen LogP contribution in [0.25, 0.3) is 6.08 Å². The average molecular weight is 380 g/mol. The number of nitrogens with one attached hydrogen (secondary N) is 2. The molecule has 1 aromatic carbocycles. The molecular weight excluding hydrogens is 360 g/mol. The number of hydrogen-bond acceptors (Lipinski definition) is 4. The van der Waals surface area contributed by atoms with Gasteiger partial charge >= 0.3 is 6.03 Å². The summed E-state index contributed by atoms with van der Waals surface area (Å²) in [6.07, 6.45) is 3.80. The molecule has 3 amide bonds. The topological polar surface area (TPSA) is 85.2 Å². The minimum atomic E-state index is -0.283. The first kappa shape index (κ1) is 18.7. The molecule has 1 aliphatic heterocycles. The molecule has 27 heavy (non-hydrogen) atoms. The van der Waals surface area contributed by atoms with E-state index in [1.807, 2.05) is 37.3 Å². The molecule has 0 bridgehead atoms. The van der Waals surface area contributed by atoms with Gasteiger partial charge in [0.15, 0.2) is 0 Å². The fraction of sp³-hybridized carbons (Fsp3) is 0.250. The smallest absolute Gasteiger partial charge is 0.317 e. The monoisotopic (exact) mass is 380 g/mol. The number of anilines is 1. The molecule has 0 saturated carbocycles. The van der Waals surface area contributed by atoms with Crippen LogP contribution in [0.1, 0.15) is 28.5 Å². The Hall–Kier alpha value is -3.11. The molecule has 1 aromatic heterocycles. The molecule has 2 heterocycles. The highest BCUT2D eigenvalue weighted by Crippen LogP contribution is 2.36. The molecule has 0 aliphatic carbocycles. The first-order valence-corrected chi connectivity index (χ1v) is 9.55. The van der Waals surface area contributed by atoms with Crippen LogP contribution in [0.2, 0.25) is 0 Å². The third-order valence-electron chi connectivity index (χ3n) is 4.25. The van der Waals surface area contributed by atoms with Gasteiger partial charge in [0.2, 0.25) is 5.91 Å². The van der Waals surface area contributed by atoms with Crippen molar-refractivity contribution in [1.29, 1.82) is 5.26 Å². The molecule has 2 aromatic rings. The second kappa shape index (κ2) is 8.52. The fourth-order valence-corrected chi connectivity index (χ4v) is 4.15. The zero-order chi connectivity index (χ0) is 19.2. The van der Waals surface area contributed by atoms with Gasteiger partial charge in [-0.2, -0.15) is 5.26 Å². The second-order valence-corrected chi connectivity index (χ2v) is 7.17. The van der Waals surface area contributed by atoms with Crippen LogP contribution in [0.3, 0.4) is 0 Å². The highest BCUT2D eigenvalue weighted by molar-refractivity contribution is 7.16. The van der Waals surface area contributed by atoms with E-state index in [4.69, 9.17) is 0 Å². The quantitative estimate of drug-likeness (QED) is 0.798. The predicted octanol–water partition coefficient (Wildman–Crippen LogP) is 3.36. The van der Waals surface area contributed by atoms with Gasteiger partial charge in [0.1, 0.15) is 11.1 Å². The van der Waals surface area contributed by atoms with Crippen LogP contribution in [0.15, 0.2) is 36.4 Å². The molecular formula is C20H20N4O2S. The van der Waals surface area contributed by atoms with Gasteiger partial charge in [-0.1, -0.05) is 30.3 Å². The minimum absolute atomic E-state index is 0.105. The number of nitriles is 1. The third kappa shape index (κ3) is 4.36. The average Bonchev–Trinajstić information content (AvgIpc) is 3.03. The summed E-state index contributed by atoms with van der Waals surface area (Å²) in [5.41, 5.74) is 2.37. The van der Waals surface area contributed by atoms with Gasteiger partial charge < -0.3 is 15.5 Å². The molecule has 0 fully saturated rings. The number of carbonyl (C=O) groups is 2. The summed E-state index contributed by atoms with van der Waals surface area (Å²) < 4.78 is 0. The molecule has 0 unspecified atom stereocenters. The lowest BCUT2D eigenvalue weighted by Gasteiger charge is -2.26. The summed E-state index contributed by atoms with van der Waals surface area (Å²) in [5, 5.41) is 15.7.